The van der Waals surface area contributed by atoms with Crippen LogP contribution in [0.5, 0.6) is 0 Å². The summed E-state index contributed by atoms with van der Waals surface area (Å²) < 4.78 is 5.24. The summed E-state index contributed by atoms with van der Waals surface area (Å²) in [5.74, 6) is 0. The van der Waals surface area contributed by atoms with Gasteiger partial charge in [-0.25, -0.2) is 4.79 Å². The third-order valence-electron chi connectivity index (χ3n) is 2.97. The quantitative estimate of drug-likeness (QED) is 0.778. The van der Waals surface area contributed by atoms with E-state index in [-0.39, 0.29) is 12.1 Å². The van der Waals surface area contributed by atoms with Gasteiger partial charge >= 0.3 is 6.09 Å². The number of hydrogen-bond acceptors (Lipinski definition) is 3. The number of amides is 1. The van der Waals surface area contributed by atoms with Crippen LogP contribution in [0, 0.1) is 0 Å². The summed E-state index contributed by atoms with van der Waals surface area (Å²) in [5.41, 5.74) is -0.427. The molecule has 1 unspecified atom stereocenters. The Morgan fingerprint density at radius 1 is 1.41 bits per heavy atom. The van der Waals surface area contributed by atoms with Gasteiger partial charge in [-0.2, -0.15) is 0 Å². The summed E-state index contributed by atoms with van der Waals surface area (Å²) in [4.78, 5) is 11.6. The van der Waals surface area contributed by atoms with E-state index < -0.39 is 5.60 Å². The second-order valence-electron chi connectivity index (χ2n) is 5.79. The number of carbonyl (C=O) groups is 1. The Balaban J connectivity index is 2.22. The van der Waals surface area contributed by atoms with Crippen LogP contribution < -0.4 is 10.6 Å². The Labute approximate surface area is 104 Å². The van der Waals surface area contributed by atoms with Gasteiger partial charge in [0.15, 0.2) is 0 Å². The van der Waals surface area contributed by atoms with Gasteiger partial charge in [0.2, 0.25) is 0 Å². The number of alkyl carbamates (subject to hydrolysis) is 1. The van der Waals surface area contributed by atoms with Gasteiger partial charge in [-0.15, -0.1) is 0 Å². The molecule has 17 heavy (non-hydrogen) atoms. The van der Waals surface area contributed by atoms with E-state index in [1.54, 1.807) is 0 Å². The standard InChI is InChI=1S/C13H26N2O2/c1-5-10(9-14-11-7-6-8-11)15-12(16)17-13(2,3)4/h10-11,14H,5-9H2,1-4H3,(H,15,16). The molecule has 1 rings (SSSR count). The molecule has 0 spiro atoms. The van der Waals surface area contributed by atoms with E-state index in [1.807, 2.05) is 20.8 Å². The van der Waals surface area contributed by atoms with Crippen molar-refractivity contribution in [3.8, 4) is 0 Å². The highest BCUT2D eigenvalue weighted by molar-refractivity contribution is 5.68. The second-order valence-corrected chi connectivity index (χ2v) is 5.79. The minimum atomic E-state index is -0.427. The fourth-order valence-electron chi connectivity index (χ4n) is 1.69. The first kappa shape index (κ1) is 14.3. The predicted molar refractivity (Wildman–Crippen MR) is 69.1 cm³/mol. The predicted octanol–water partition coefficient (Wildman–Crippen LogP) is 2.43. The van der Waals surface area contributed by atoms with Crippen LogP contribution >= 0.6 is 0 Å². The van der Waals surface area contributed by atoms with E-state index in [4.69, 9.17) is 4.74 Å². The summed E-state index contributed by atoms with van der Waals surface area (Å²) in [6.07, 6.45) is 4.46. The van der Waals surface area contributed by atoms with Crippen molar-refractivity contribution in [3.63, 3.8) is 0 Å². The molecule has 0 aromatic carbocycles. The maximum absolute atomic E-state index is 11.6. The Kier molecular flexibility index (Phi) is 5.25. The van der Waals surface area contributed by atoms with Gasteiger partial charge in [0.05, 0.1) is 0 Å². The molecule has 1 fully saturated rings. The van der Waals surface area contributed by atoms with Crippen LogP contribution in [-0.2, 0) is 4.74 Å². The van der Waals surface area contributed by atoms with Gasteiger partial charge in [0.25, 0.3) is 0 Å². The molecular formula is C13H26N2O2. The molecule has 0 radical (unpaired) electrons. The monoisotopic (exact) mass is 242 g/mol. The molecule has 0 aromatic rings. The van der Waals surface area contributed by atoms with E-state index in [9.17, 15) is 4.79 Å². The molecular weight excluding hydrogens is 216 g/mol. The lowest BCUT2D eigenvalue weighted by molar-refractivity contribution is 0.0501. The molecule has 0 saturated heterocycles. The van der Waals surface area contributed by atoms with E-state index in [0.29, 0.717) is 6.04 Å². The highest BCUT2D eigenvalue weighted by Crippen LogP contribution is 2.17. The molecule has 1 amide bonds. The van der Waals surface area contributed by atoms with Crippen molar-refractivity contribution in [3.05, 3.63) is 0 Å². The molecule has 1 atom stereocenters. The van der Waals surface area contributed by atoms with Crippen LogP contribution in [0.3, 0.4) is 0 Å². The molecule has 0 aromatic heterocycles. The number of nitrogens with one attached hydrogen (secondary N) is 2. The first-order valence-electron chi connectivity index (χ1n) is 6.63. The Morgan fingerprint density at radius 3 is 2.47 bits per heavy atom. The summed E-state index contributed by atoms with van der Waals surface area (Å²) in [6.45, 7) is 8.53. The molecule has 0 bridgehead atoms. The van der Waals surface area contributed by atoms with Crippen molar-refractivity contribution in [2.75, 3.05) is 6.54 Å². The first-order chi connectivity index (χ1) is 7.90. The largest absolute Gasteiger partial charge is 0.444 e. The lowest BCUT2D eigenvalue weighted by atomic mass is 9.93. The molecule has 2 N–H and O–H groups in total. The van der Waals surface area contributed by atoms with E-state index in [0.717, 1.165) is 13.0 Å². The third-order valence-corrected chi connectivity index (χ3v) is 2.97. The topological polar surface area (TPSA) is 50.4 Å². The average Bonchev–Trinajstić information content (AvgIpc) is 2.10. The van der Waals surface area contributed by atoms with Crippen LogP contribution in [0.4, 0.5) is 4.79 Å². The maximum atomic E-state index is 11.6. The molecule has 4 nitrogen and oxygen atoms in total. The van der Waals surface area contributed by atoms with Crippen molar-refractivity contribution >= 4 is 6.09 Å². The summed E-state index contributed by atoms with van der Waals surface area (Å²) in [7, 11) is 0. The Hall–Kier alpha value is -0.770. The van der Waals surface area contributed by atoms with Gasteiger partial charge in [0.1, 0.15) is 5.60 Å². The molecule has 0 aliphatic heterocycles. The highest BCUT2D eigenvalue weighted by atomic mass is 16.6. The molecule has 4 heteroatoms. The zero-order valence-electron chi connectivity index (χ0n) is 11.5. The van der Waals surface area contributed by atoms with Gasteiger partial charge in [-0.3, -0.25) is 0 Å². The van der Waals surface area contributed by atoms with Crippen molar-refractivity contribution in [2.45, 2.75) is 71.1 Å². The van der Waals surface area contributed by atoms with Crippen LogP contribution in [0.1, 0.15) is 53.4 Å². The molecule has 0 heterocycles. The number of rotatable bonds is 5. The van der Waals surface area contributed by atoms with Crippen LogP contribution in [-0.4, -0.2) is 30.3 Å². The number of hydrogen-bond donors (Lipinski definition) is 2. The van der Waals surface area contributed by atoms with E-state index in [1.165, 1.54) is 19.3 Å². The van der Waals surface area contributed by atoms with E-state index >= 15 is 0 Å². The normalized spacial score (nSPS) is 18.4. The fraction of sp³-hybridized carbons (Fsp3) is 0.923. The summed E-state index contributed by atoms with van der Waals surface area (Å²) >= 11 is 0. The van der Waals surface area contributed by atoms with Crippen molar-refractivity contribution in [1.29, 1.82) is 0 Å². The lowest BCUT2D eigenvalue weighted by Crippen LogP contribution is -2.47. The van der Waals surface area contributed by atoms with Gasteiger partial charge in [-0.05, 0) is 40.0 Å². The Morgan fingerprint density at radius 2 is 2.06 bits per heavy atom. The van der Waals surface area contributed by atoms with Crippen LogP contribution in [0.15, 0.2) is 0 Å². The molecule has 1 aliphatic rings. The number of carbonyl (C=O) groups excluding carboxylic acids is 1. The van der Waals surface area contributed by atoms with Crippen molar-refractivity contribution in [1.82, 2.24) is 10.6 Å². The summed E-state index contributed by atoms with van der Waals surface area (Å²) in [5, 5.41) is 6.37. The smallest absolute Gasteiger partial charge is 0.407 e. The zero-order valence-corrected chi connectivity index (χ0v) is 11.5. The molecule has 1 saturated carbocycles. The minimum absolute atomic E-state index is 0.158. The fourth-order valence-corrected chi connectivity index (χ4v) is 1.69. The third kappa shape index (κ3) is 5.91. The van der Waals surface area contributed by atoms with Gasteiger partial charge in [-0.1, -0.05) is 13.3 Å². The Bertz CT molecular complexity index is 244. The maximum Gasteiger partial charge on any atom is 0.407 e. The average molecular weight is 242 g/mol. The SMILES string of the molecule is CCC(CNC1CCC1)NC(=O)OC(C)(C)C. The first-order valence-corrected chi connectivity index (χ1v) is 6.63. The molecule has 1 aliphatic carbocycles. The van der Waals surface area contributed by atoms with Crippen LogP contribution in [0.25, 0.3) is 0 Å². The van der Waals surface area contributed by atoms with Crippen molar-refractivity contribution < 1.29 is 9.53 Å². The van der Waals surface area contributed by atoms with Gasteiger partial charge < -0.3 is 15.4 Å². The summed E-state index contributed by atoms with van der Waals surface area (Å²) in [6, 6.07) is 0.815. The van der Waals surface area contributed by atoms with Crippen molar-refractivity contribution in [2.24, 2.45) is 0 Å². The number of ether oxygens (including phenoxy) is 1. The zero-order chi connectivity index (χ0) is 12.9. The molecule has 100 valence electrons. The van der Waals surface area contributed by atoms with E-state index in [2.05, 4.69) is 17.6 Å². The van der Waals surface area contributed by atoms with Crippen LogP contribution in [0.2, 0.25) is 0 Å². The van der Waals surface area contributed by atoms with Gasteiger partial charge in [0, 0.05) is 18.6 Å². The lowest BCUT2D eigenvalue weighted by Gasteiger charge is -2.29. The highest BCUT2D eigenvalue weighted by Gasteiger charge is 2.21. The minimum Gasteiger partial charge on any atom is -0.444 e. The second kappa shape index (κ2) is 6.24.